The van der Waals surface area contributed by atoms with Gasteiger partial charge in [0.1, 0.15) is 5.56 Å². The van der Waals surface area contributed by atoms with E-state index in [9.17, 15) is 14.1 Å². The minimum absolute atomic E-state index is 0.0726. The molecule has 1 unspecified atom stereocenters. The zero-order valence-corrected chi connectivity index (χ0v) is 14.3. The van der Waals surface area contributed by atoms with Gasteiger partial charge >= 0.3 is 5.97 Å². The summed E-state index contributed by atoms with van der Waals surface area (Å²) in [6.45, 7) is 6.91. The number of fused-ring (bicyclic) bond motifs is 1. The second kappa shape index (κ2) is 6.84. The van der Waals surface area contributed by atoms with Crippen molar-refractivity contribution in [1.29, 1.82) is 0 Å². The summed E-state index contributed by atoms with van der Waals surface area (Å²) in [5.74, 6) is -0.900. The van der Waals surface area contributed by atoms with E-state index in [0.717, 1.165) is 37.9 Å². The summed E-state index contributed by atoms with van der Waals surface area (Å²) in [6.07, 6.45) is 1.79. The second-order valence-electron chi connectivity index (χ2n) is 6.85. The molecule has 25 heavy (non-hydrogen) atoms. The van der Waals surface area contributed by atoms with Crippen molar-refractivity contribution in [1.82, 2.24) is 10.1 Å². The molecule has 1 atom stereocenters. The molecule has 0 amide bonds. The molecule has 0 spiro atoms. The Kier molecular flexibility index (Phi) is 4.76. The topological polar surface area (TPSA) is 74.6 Å². The van der Waals surface area contributed by atoms with Crippen LogP contribution in [0.4, 0.5) is 10.2 Å². The van der Waals surface area contributed by atoms with E-state index in [2.05, 4.69) is 24.1 Å². The van der Waals surface area contributed by atoms with Gasteiger partial charge in [0.2, 0.25) is 5.43 Å². The molecule has 2 aromatic rings. The number of halogens is 1. The number of aromatic nitrogens is 1. The van der Waals surface area contributed by atoms with Gasteiger partial charge in [0, 0.05) is 30.2 Å². The second-order valence-corrected chi connectivity index (χ2v) is 6.85. The molecule has 1 aliphatic rings. The van der Waals surface area contributed by atoms with Crippen LogP contribution in [0.25, 0.3) is 10.9 Å². The number of hydrogen-bond donors (Lipinski definition) is 2. The van der Waals surface area contributed by atoms with Crippen LogP contribution in [0.3, 0.4) is 0 Å². The number of carboxylic acid groups (broad SMARTS) is 1. The van der Waals surface area contributed by atoms with E-state index in [1.165, 1.54) is 6.07 Å². The highest BCUT2D eigenvalue weighted by Crippen LogP contribution is 2.26. The monoisotopic (exact) mass is 347 g/mol. The van der Waals surface area contributed by atoms with E-state index in [-0.39, 0.29) is 15.7 Å². The molecular formula is C18H22FN3O3. The number of carbonyl (C=O) groups is 1. The van der Waals surface area contributed by atoms with Gasteiger partial charge < -0.3 is 15.3 Å². The van der Waals surface area contributed by atoms with Gasteiger partial charge in [0.15, 0.2) is 0 Å². The third-order valence-corrected chi connectivity index (χ3v) is 4.64. The van der Waals surface area contributed by atoms with Crippen LogP contribution in [0.15, 0.2) is 29.2 Å². The Hall–Kier alpha value is -2.41. The van der Waals surface area contributed by atoms with Crippen LogP contribution in [-0.4, -0.2) is 41.5 Å². The lowest BCUT2D eigenvalue weighted by Gasteiger charge is -2.20. The van der Waals surface area contributed by atoms with Crippen LogP contribution in [0.1, 0.15) is 30.6 Å². The fourth-order valence-electron chi connectivity index (χ4n) is 3.26. The summed E-state index contributed by atoms with van der Waals surface area (Å²) in [5, 5.41) is 12.5. The number of benzene rings is 1. The number of nitrogens with one attached hydrogen (secondary N) is 1. The maximum Gasteiger partial charge on any atom is 0.341 e. The van der Waals surface area contributed by atoms with Crippen LogP contribution in [0.2, 0.25) is 0 Å². The van der Waals surface area contributed by atoms with E-state index in [1.807, 2.05) is 0 Å². The van der Waals surface area contributed by atoms with Crippen molar-refractivity contribution in [2.24, 2.45) is 5.92 Å². The van der Waals surface area contributed by atoms with Crippen LogP contribution < -0.4 is 15.6 Å². The zero-order valence-electron chi connectivity index (χ0n) is 14.3. The van der Waals surface area contributed by atoms with Gasteiger partial charge in [-0.3, -0.25) is 4.79 Å². The highest BCUT2D eigenvalue weighted by atomic mass is 19.2. The smallest absolute Gasteiger partial charge is 0.341 e. The molecule has 1 aromatic carbocycles. The standard InChI is InChI=1S/C18H22FN3O3/c1-11(2)20-8-12-5-6-21(9-12)13-3-4-14-16(7-13)22(19)10-15(17(14)23)18(24)25/h3-4,7,10-12,20H,5-6,8-9H2,1-2H3,(H,24,25). The Bertz CT molecular complexity index is 863. The zero-order chi connectivity index (χ0) is 18.1. The van der Waals surface area contributed by atoms with Gasteiger partial charge in [-0.2, -0.15) is 4.79 Å². The van der Waals surface area contributed by atoms with Crippen molar-refractivity contribution in [3.63, 3.8) is 0 Å². The van der Waals surface area contributed by atoms with Crippen molar-refractivity contribution >= 4 is 22.6 Å². The summed E-state index contributed by atoms with van der Waals surface area (Å²) in [5.41, 5.74) is -0.295. The highest BCUT2D eigenvalue weighted by molar-refractivity contribution is 5.93. The Morgan fingerprint density at radius 1 is 1.44 bits per heavy atom. The molecule has 1 fully saturated rings. The van der Waals surface area contributed by atoms with Crippen molar-refractivity contribution < 1.29 is 14.4 Å². The lowest BCUT2D eigenvalue weighted by Crippen LogP contribution is -2.30. The highest BCUT2D eigenvalue weighted by Gasteiger charge is 2.23. The van der Waals surface area contributed by atoms with E-state index in [1.54, 1.807) is 12.1 Å². The summed E-state index contributed by atoms with van der Waals surface area (Å²) in [7, 11) is 0. The van der Waals surface area contributed by atoms with Gasteiger partial charge in [-0.05, 0) is 37.1 Å². The fraction of sp³-hybridized carbons (Fsp3) is 0.444. The molecule has 7 heteroatoms. The van der Waals surface area contributed by atoms with Gasteiger partial charge in [-0.15, -0.1) is 0 Å². The number of pyridine rings is 1. The Morgan fingerprint density at radius 2 is 2.20 bits per heavy atom. The number of aromatic carboxylic acids is 1. The molecule has 0 saturated carbocycles. The third-order valence-electron chi connectivity index (χ3n) is 4.64. The average Bonchev–Trinajstić information content (AvgIpc) is 3.04. The molecular weight excluding hydrogens is 325 g/mol. The first kappa shape index (κ1) is 17.4. The Morgan fingerprint density at radius 3 is 2.88 bits per heavy atom. The Balaban J connectivity index is 1.87. The van der Waals surface area contributed by atoms with E-state index < -0.39 is 17.0 Å². The minimum Gasteiger partial charge on any atom is -0.477 e. The molecule has 0 radical (unpaired) electrons. The quantitative estimate of drug-likeness (QED) is 0.868. The fourth-order valence-corrected chi connectivity index (χ4v) is 3.26. The van der Waals surface area contributed by atoms with Gasteiger partial charge in [-0.1, -0.05) is 18.3 Å². The first-order valence-corrected chi connectivity index (χ1v) is 8.44. The number of rotatable bonds is 5. The van der Waals surface area contributed by atoms with Gasteiger partial charge in [0.25, 0.3) is 0 Å². The van der Waals surface area contributed by atoms with Crippen molar-refractivity contribution in [2.75, 3.05) is 24.5 Å². The van der Waals surface area contributed by atoms with Crippen LogP contribution in [0, 0.1) is 5.92 Å². The van der Waals surface area contributed by atoms with Crippen LogP contribution in [-0.2, 0) is 0 Å². The molecule has 2 N–H and O–H groups in total. The molecule has 6 nitrogen and oxygen atoms in total. The maximum atomic E-state index is 14.2. The average molecular weight is 347 g/mol. The molecule has 0 bridgehead atoms. The Labute approximate surface area is 144 Å². The number of carboxylic acids is 1. The maximum absolute atomic E-state index is 14.2. The number of hydrogen-bond acceptors (Lipinski definition) is 4. The lowest BCUT2D eigenvalue weighted by atomic mass is 10.1. The molecule has 134 valence electrons. The molecule has 1 aromatic heterocycles. The molecule has 1 aliphatic heterocycles. The number of nitrogens with zero attached hydrogens (tertiary/aromatic N) is 2. The first-order chi connectivity index (χ1) is 11.9. The normalized spacial score (nSPS) is 17.6. The van der Waals surface area contributed by atoms with Crippen molar-refractivity contribution in [2.45, 2.75) is 26.3 Å². The molecule has 2 heterocycles. The summed E-state index contributed by atoms with van der Waals surface area (Å²) in [4.78, 5) is 25.6. The van der Waals surface area contributed by atoms with Crippen molar-refractivity contribution in [3.05, 3.63) is 40.2 Å². The van der Waals surface area contributed by atoms with Gasteiger partial charge in [-0.25, -0.2) is 4.79 Å². The van der Waals surface area contributed by atoms with Crippen LogP contribution in [0.5, 0.6) is 0 Å². The summed E-state index contributed by atoms with van der Waals surface area (Å²) < 4.78 is 14.2. The molecule has 0 aliphatic carbocycles. The first-order valence-electron chi connectivity index (χ1n) is 8.44. The summed E-state index contributed by atoms with van der Waals surface area (Å²) >= 11 is 0. The SMILES string of the molecule is CC(C)NCC1CCN(c2ccc3c(=O)c(C(=O)O)cn(F)c3c2)C1. The lowest BCUT2D eigenvalue weighted by molar-refractivity contribution is 0.0693. The van der Waals surface area contributed by atoms with Crippen LogP contribution >= 0.6 is 0 Å². The number of anilines is 1. The van der Waals surface area contributed by atoms with Gasteiger partial charge in [0.05, 0.1) is 11.7 Å². The minimum atomic E-state index is -1.43. The van der Waals surface area contributed by atoms with E-state index in [0.29, 0.717) is 12.0 Å². The largest absolute Gasteiger partial charge is 0.477 e. The van der Waals surface area contributed by atoms with Crippen molar-refractivity contribution in [3.8, 4) is 0 Å². The predicted octanol–water partition coefficient (Wildman–Crippen LogP) is 2.26. The molecule has 1 saturated heterocycles. The predicted molar refractivity (Wildman–Crippen MR) is 95.1 cm³/mol. The summed E-state index contributed by atoms with van der Waals surface area (Å²) in [6, 6.07) is 5.32. The third kappa shape index (κ3) is 3.51. The molecule has 3 rings (SSSR count). The van der Waals surface area contributed by atoms with E-state index in [4.69, 9.17) is 5.11 Å². The van der Waals surface area contributed by atoms with E-state index >= 15 is 0 Å².